The first-order chi connectivity index (χ1) is 9.54. The zero-order valence-electron chi connectivity index (χ0n) is 11.1. The lowest BCUT2D eigenvalue weighted by Crippen LogP contribution is -2.57. The zero-order valence-corrected chi connectivity index (χ0v) is 12.7. The monoisotopic (exact) mass is 338 g/mol. The molecule has 0 saturated carbocycles. The van der Waals surface area contributed by atoms with Gasteiger partial charge in [-0.2, -0.15) is 0 Å². The summed E-state index contributed by atoms with van der Waals surface area (Å²) in [4.78, 5) is 31.9. The fourth-order valence-electron chi connectivity index (χ4n) is 2.68. The topological polar surface area (TPSA) is 65.5 Å². The van der Waals surface area contributed by atoms with E-state index in [4.69, 9.17) is 0 Å². The Hall–Kier alpha value is -1.47. The van der Waals surface area contributed by atoms with Crippen LogP contribution in [0.25, 0.3) is 0 Å². The molecule has 1 atom stereocenters. The Balaban J connectivity index is 1.89. The van der Waals surface area contributed by atoms with Crippen LogP contribution >= 0.6 is 15.9 Å². The van der Waals surface area contributed by atoms with Crippen LogP contribution in [-0.4, -0.2) is 52.3 Å². The van der Waals surface area contributed by atoms with E-state index in [-0.39, 0.29) is 17.9 Å². The lowest BCUT2D eigenvalue weighted by Gasteiger charge is -2.38. The zero-order chi connectivity index (χ0) is 14.3. The molecule has 1 fully saturated rings. The maximum absolute atomic E-state index is 12.3. The van der Waals surface area contributed by atoms with Crippen LogP contribution in [0.1, 0.15) is 12.5 Å². The summed E-state index contributed by atoms with van der Waals surface area (Å²) in [5.74, 6) is 0.534. The van der Waals surface area contributed by atoms with Gasteiger partial charge in [-0.1, -0.05) is 0 Å². The Morgan fingerprint density at radius 3 is 3.05 bits per heavy atom. The number of amides is 2. The molecular weight excluding hydrogens is 324 g/mol. The Kier molecular flexibility index (Phi) is 3.47. The number of hydrogen-bond donors (Lipinski definition) is 1. The van der Waals surface area contributed by atoms with Crippen molar-refractivity contribution in [2.45, 2.75) is 19.5 Å². The van der Waals surface area contributed by atoms with Crippen molar-refractivity contribution in [2.24, 2.45) is 0 Å². The smallest absolute Gasteiger partial charge is 0.244 e. The maximum Gasteiger partial charge on any atom is 0.244 e. The third-order valence-electron chi connectivity index (χ3n) is 3.79. The van der Waals surface area contributed by atoms with Crippen LogP contribution < -0.4 is 5.32 Å². The highest BCUT2D eigenvalue weighted by Gasteiger charge is 2.36. The normalized spacial score (nSPS) is 22.6. The van der Waals surface area contributed by atoms with Crippen LogP contribution in [0, 0.1) is 0 Å². The fourth-order valence-corrected chi connectivity index (χ4v) is 3.06. The SMILES string of the molecule is CC(=O)N1CCN2Cc3cc(Br)cnc3NC(=O)C2C1. The van der Waals surface area contributed by atoms with Crippen molar-refractivity contribution in [2.75, 3.05) is 25.0 Å². The Morgan fingerprint density at radius 2 is 2.30 bits per heavy atom. The summed E-state index contributed by atoms with van der Waals surface area (Å²) in [6.45, 7) is 4.00. The standard InChI is InChI=1S/C13H15BrN4O2/c1-8(19)17-2-3-18-6-9-4-10(14)5-15-12(9)16-13(20)11(18)7-17/h4-5,11H,2-3,6-7H2,1H3,(H,15,16,20). The van der Waals surface area contributed by atoms with Gasteiger partial charge in [0, 0.05) is 49.3 Å². The van der Waals surface area contributed by atoms with E-state index in [9.17, 15) is 9.59 Å². The first-order valence-electron chi connectivity index (χ1n) is 6.49. The van der Waals surface area contributed by atoms with E-state index >= 15 is 0 Å². The summed E-state index contributed by atoms with van der Waals surface area (Å²) in [5.41, 5.74) is 0.992. The summed E-state index contributed by atoms with van der Waals surface area (Å²) < 4.78 is 0.895. The van der Waals surface area contributed by atoms with Crippen molar-refractivity contribution in [1.82, 2.24) is 14.8 Å². The van der Waals surface area contributed by atoms with E-state index in [1.165, 1.54) is 6.92 Å². The van der Waals surface area contributed by atoms with E-state index in [0.29, 0.717) is 32.0 Å². The average molecular weight is 339 g/mol. The molecule has 0 spiro atoms. The molecule has 1 unspecified atom stereocenters. The second kappa shape index (κ2) is 5.14. The lowest BCUT2D eigenvalue weighted by molar-refractivity contribution is -0.134. The molecular formula is C13H15BrN4O2. The van der Waals surface area contributed by atoms with E-state index in [1.54, 1.807) is 11.1 Å². The number of aromatic nitrogens is 1. The van der Waals surface area contributed by atoms with Gasteiger partial charge in [-0.3, -0.25) is 14.5 Å². The molecule has 3 rings (SSSR count). The van der Waals surface area contributed by atoms with Crippen LogP contribution in [-0.2, 0) is 16.1 Å². The van der Waals surface area contributed by atoms with Gasteiger partial charge in [-0.05, 0) is 22.0 Å². The van der Waals surface area contributed by atoms with Gasteiger partial charge in [0.05, 0.1) is 0 Å². The minimum Gasteiger partial charge on any atom is -0.340 e. The number of nitrogens with one attached hydrogen (secondary N) is 1. The Bertz CT molecular complexity index is 577. The molecule has 0 aromatic carbocycles. The van der Waals surface area contributed by atoms with E-state index < -0.39 is 0 Å². The number of pyridine rings is 1. The third-order valence-corrected chi connectivity index (χ3v) is 4.22. The van der Waals surface area contributed by atoms with Crippen LogP contribution in [0.15, 0.2) is 16.7 Å². The van der Waals surface area contributed by atoms with Crippen LogP contribution in [0.5, 0.6) is 0 Å². The second-order valence-electron chi connectivity index (χ2n) is 5.10. The lowest BCUT2D eigenvalue weighted by atomic mass is 10.1. The molecule has 106 valence electrons. The molecule has 0 aliphatic carbocycles. The highest BCUT2D eigenvalue weighted by atomic mass is 79.9. The van der Waals surface area contributed by atoms with Crippen LogP contribution in [0.3, 0.4) is 0 Å². The molecule has 6 nitrogen and oxygen atoms in total. The minimum absolute atomic E-state index is 0.0140. The quantitative estimate of drug-likeness (QED) is 0.760. The molecule has 1 saturated heterocycles. The van der Waals surface area contributed by atoms with E-state index in [0.717, 1.165) is 10.0 Å². The number of piperazine rings is 1. The van der Waals surface area contributed by atoms with Crippen molar-refractivity contribution in [1.29, 1.82) is 0 Å². The molecule has 7 heteroatoms. The first kappa shape index (κ1) is 13.5. The number of fused-ring (bicyclic) bond motifs is 2. The third kappa shape index (κ3) is 2.43. The number of carbonyl (C=O) groups excluding carboxylic acids is 2. The van der Waals surface area contributed by atoms with Crippen molar-refractivity contribution >= 4 is 33.6 Å². The first-order valence-corrected chi connectivity index (χ1v) is 7.29. The summed E-state index contributed by atoms with van der Waals surface area (Å²) >= 11 is 3.40. The highest BCUT2D eigenvalue weighted by molar-refractivity contribution is 9.10. The predicted molar refractivity (Wildman–Crippen MR) is 77.0 cm³/mol. The number of hydrogen-bond acceptors (Lipinski definition) is 4. The average Bonchev–Trinajstić information content (AvgIpc) is 2.54. The summed E-state index contributed by atoms with van der Waals surface area (Å²) in [6, 6.07) is 1.67. The summed E-state index contributed by atoms with van der Waals surface area (Å²) in [5, 5.41) is 2.86. The molecule has 1 aromatic rings. The van der Waals surface area contributed by atoms with Crippen LogP contribution in [0.4, 0.5) is 5.82 Å². The van der Waals surface area contributed by atoms with Crippen LogP contribution in [0.2, 0.25) is 0 Å². The van der Waals surface area contributed by atoms with Gasteiger partial charge < -0.3 is 10.2 Å². The predicted octanol–water partition coefficient (Wildman–Crippen LogP) is 0.829. The summed E-state index contributed by atoms with van der Waals surface area (Å²) in [6.07, 6.45) is 1.67. The van der Waals surface area contributed by atoms with Gasteiger partial charge in [0.2, 0.25) is 11.8 Å². The molecule has 1 aromatic heterocycles. The van der Waals surface area contributed by atoms with Gasteiger partial charge in [-0.15, -0.1) is 0 Å². The Labute approximate surface area is 125 Å². The highest BCUT2D eigenvalue weighted by Crippen LogP contribution is 2.25. The molecule has 1 N–H and O–H groups in total. The molecule has 0 bridgehead atoms. The number of carbonyl (C=O) groups is 2. The molecule has 0 radical (unpaired) electrons. The molecule has 2 amide bonds. The fraction of sp³-hybridized carbons (Fsp3) is 0.462. The van der Waals surface area contributed by atoms with Gasteiger partial charge in [0.15, 0.2) is 0 Å². The maximum atomic E-state index is 12.3. The molecule has 20 heavy (non-hydrogen) atoms. The number of anilines is 1. The molecule has 2 aliphatic heterocycles. The van der Waals surface area contributed by atoms with Crippen molar-refractivity contribution in [3.8, 4) is 0 Å². The van der Waals surface area contributed by atoms with Crippen molar-refractivity contribution < 1.29 is 9.59 Å². The number of nitrogens with zero attached hydrogens (tertiary/aromatic N) is 3. The van der Waals surface area contributed by atoms with Crippen molar-refractivity contribution in [3.63, 3.8) is 0 Å². The Morgan fingerprint density at radius 1 is 1.50 bits per heavy atom. The van der Waals surface area contributed by atoms with E-state index in [1.807, 2.05) is 6.07 Å². The number of halogens is 1. The number of rotatable bonds is 0. The second-order valence-corrected chi connectivity index (χ2v) is 6.02. The summed E-state index contributed by atoms with van der Waals surface area (Å²) in [7, 11) is 0. The molecule has 2 aliphatic rings. The van der Waals surface area contributed by atoms with Gasteiger partial charge in [-0.25, -0.2) is 4.98 Å². The largest absolute Gasteiger partial charge is 0.340 e. The molecule has 3 heterocycles. The van der Waals surface area contributed by atoms with Crippen molar-refractivity contribution in [3.05, 3.63) is 22.3 Å². The van der Waals surface area contributed by atoms with Gasteiger partial charge >= 0.3 is 0 Å². The van der Waals surface area contributed by atoms with Gasteiger partial charge in [0.25, 0.3) is 0 Å². The minimum atomic E-state index is -0.305. The van der Waals surface area contributed by atoms with Gasteiger partial charge in [0.1, 0.15) is 11.9 Å². The van der Waals surface area contributed by atoms with E-state index in [2.05, 4.69) is 31.1 Å².